The molecule has 1 amide bonds. The molecule has 0 aromatic rings. The van der Waals surface area contributed by atoms with E-state index in [1.165, 1.54) is 12.5 Å². The Kier molecular flexibility index (Phi) is 9.98. The molecule has 4 aliphatic carbocycles. The number of aliphatic carboxylic acids is 1. The number of fused-ring (bicyclic) bond motifs is 3. The zero-order chi connectivity index (χ0) is 35.4. The molecule has 270 valence electrons. The maximum Gasteiger partial charge on any atom is 0.323 e. The summed E-state index contributed by atoms with van der Waals surface area (Å²) in [4.78, 5) is 49.9. The highest BCUT2D eigenvalue weighted by molar-refractivity contribution is 5.76. The minimum absolute atomic E-state index is 0.122. The molecule has 1 heterocycles. The van der Waals surface area contributed by atoms with Gasteiger partial charge in [-0.25, -0.2) is 0 Å². The number of rotatable bonds is 11. The average Bonchev–Trinajstić information content (AvgIpc) is 3.00. The van der Waals surface area contributed by atoms with Gasteiger partial charge >= 0.3 is 17.9 Å². The van der Waals surface area contributed by atoms with E-state index in [0.29, 0.717) is 57.8 Å². The van der Waals surface area contributed by atoms with Gasteiger partial charge in [0.15, 0.2) is 0 Å². The number of carbonyl (C=O) groups excluding carboxylic acids is 3. The van der Waals surface area contributed by atoms with Crippen LogP contribution in [0.3, 0.4) is 0 Å². The van der Waals surface area contributed by atoms with Gasteiger partial charge in [-0.15, -0.1) is 0 Å². The molecule has 2 bridgehead atoms. The minimum Gasteiger partial charge on any atom is -0.481 e. The average molecular weight is 673 g/mol. The molecule has 3 saturated carbocycles. The van der Waals surface area contributed by atoms with E-state index in [9.17, 15) is 24.3 Å². The van der Waals surface area contributed by atoms with E-state index in [-0.39, 0.29) is 28.6 Å². The lowest BCUT2D eigenvalue weighted by Gasteiger charge is -2.71. The van der Waals surface area contributed by atoms with Crippen molar-refractivity contribution in [2.45, 2.75) is 125 Å². The Morgan fingerprint density at radius 3 is 2.42 bits per heavy atom. The van der Waals surface area contributed by atoms with Gasteiger partial charge in [0, 0.05) is 24.3 Å². The number of hydrogen-bond donors (Lipinski definition) is 3. The Labute approximate surface area is 286 Å². The van der Waals surface area contributed by atoms with Crippen molar-refractivity contribution < 1.29 is 38.5 Å². The van der Waals surface area contributed by atoms with Crippen LogP contribution in [0.25, 0.3) is 0 Å². The molecule has 0 radical (unpaired) electrons. The lowest BCUT2D eigenvalue weighted by molar-refractivity contribution is -0.263. The predicted molar refractivity (Wildman–Crippen MR) is 180 cm³/mol. The Hall–Kier alpha value is -2.46. The number of nitrogens with one attached hydrogen (secondary N) is 1. The van der Waals surface area contributed by atoms with Gasteiger partial charge in [-0.3, -0.25) is 19.2 Å². The maximum absolute atomic E-state index is 13.4. The summed E-state index contributed by atoms with van der Waals surface area (Å²) < 4.78 is 18.7. The lowest BCUT2D eigenvalue weighted by atomic mass is 9.34. The van der Waals surface area contributed by atoms with Crippen molar-refractivity contribution in [2.75, 3.05) is 19.8 Å². The van der Waals surface area contributed by atoms with E-state index in [0.717, 1.165) is 25.7 Å². The molecule has 1 aliphatic heterocycles. The number of amides is 1. The summed E-state index contributed by atoms with van der Waals surface area (Å²) in [6.07, 6.45) is 7.23. The second-order valence-electron chi connectivity index (χ2n) is 17.4. The van der Waals surface area contributed by atoms with Crippen LogP contribution in [0.2, 0.25) is 0 Å². The molecule has 10 nitrogen and oxygen atoms in total. The van der Waals surface area contributed by atoms with Gasteiger partial charge in [0.25, 0.3) is 0 Å². The van der Waals surface area contributed by atoms with Gasteiger partial charge in [-0.1, -0.05) is 60.1 Å². The smallest absolute Gasteiger partial charge is 0.323 e. The first-order valence-corrected chi connectivity index (χ1v) is 18.2. The Morgan fingerprint density at radius 2 is 1.79 bits per heavy atom. The van der Waals surface area contributed by atoms with E-state index in [4.69, 9.17) is 19.9 Å². The molecule has 5 aliphatic rings. The van der Waals surface area contributed by atoms with Crippen molar-refractivity contribution in [3.63, 3.8) is 0 Å². The number of carboxylic acid groups (broad SMARTS) is 1. The molecule has 2 unspecified atom stereocenters. The third-order valence-electron chi connectivity index (χ3n) is 14.9. The summed E-state index contributed by atoms with van der Waals surface area (Å²) in [5, 5.41) is 13.5. The van der Waals surface area contributed by atoms with E-state index < -0.39 is 58.3 Å². The van der Waals surface area contributed by atoms with Crippen LogP contribution in [0.15, 0.2) is 11.6 Å². The molecule has 0 aromatic heterocycles. The monoisotopic (exact) mass is 672 g/mol. The fourth-order valence-corrected chi connectivity index (χ4v) is 11.9. The molecule has 4 fully saturated rings. The highest BCUT2D eigenvalue weighted by atomic mass is 16.6. The van der Waals surface area contributed by atoms with Crippen LogP contribution < -0.4 is 11.1 Å². The highest BCUT2D eigenvalue weighted by Gasteiger charge is 2.72. The van der Waals surface area contributed by atoms with E-state index >= 15 is 0 Å². The number of carboxylic acids is 1. The summed E-state index contributed by atoms with van der Waals surface area (Å²) in [5.74, 6) is -1.21. The van der Waals surface area contributed by atoms with Crippen LogP contribution >= 0.6 is 0 Å². The van der Waals surface area contributed by atoms with Gasteiger partial charge in [0.2, 0.25) is 6.41 Å². The molecular weight excluding hydrogens is 612 g/mol. The van der Waals surface area contributed by atoms with Crippen molar-refractivity contribution in [1.29, 1.82) is 0 Å². The van der Waals surface area contributed by atoms with E-state index in [1.807, 2.05) is 0 Å². The second-order valence-corrected chi connectivity index (χ2v) is 17.4. The normalized spacial score (nSPS) is 43.0. The molecule has 10 heteroatoms. The summed E-state index contributed by atoms with van der Waals surface area (Å²) in [6, 6.07) is -0.872. The number of hydrogen-bond acceptors (Lipinski definition) is 8. The van der Waals surface area contributed by atoms with Crippen LogP contribution in [-0.4, -0.2) is 67.4 Å². The van der Waals surface area contributed by atoms with Gasteiger partial charge in [-0.05, 0) is 91.3 Å². The number of carbonyl (C=O) groups is 4. The van der Waals surface area contributed by atoms with Crippen LogP contribution in [0, 0.1) is 56.7 Å². The third-order valence-corrected chi connectivity index (χ3v) is 14.9. The number of ether oxygens (including phenoxy) is 3. The fourth-order valence-electron chi connectivity index (χ4n) is 11.9. The van der Waals surface area contributed by atoms with Crippen molar-refractivity contribution in [3.05, 3.63) is 11.6 Å². The largest absolute Gasteiger partial charge is 0.481 e. The molecule has 5 rings (SSSR count). The first-order chi connectivity index (χ1) is 22.4. The van der Waals surface area contributed by atoms with E-state index in [1.54, 1.807) is 0 Å². The van der Waals surface area contributed by atoms with Crippen molar-refractivity contribution in [1.82, 2.24) is 5.32 Å². The van der Waals surface area contributed by atoms with Crippen molar-refractivity contribution in [3.8, 4) is 0 Å². The Morgan fingerprint density at radius 1 is 1.08 bits per heavy atom. The molecule has 48 heavy (non-hydrogen) atoms. The van der Waals surface area contributed by atoms with Crippen LogP contribution in [0.1, 0.15) is 107 Å². The van der Waals surface area contributed by atoms with Gasteiger partial charge < -0.3 is 30.4 Å². The third kappa shape index (κ3) is 5.51. The minimum atomic E-state index is -0.872. The number of esters is 2. The molecule has 0 aromatic carbocycles. The predicted octanol–water partition coefficient (Wildman–Crippen LogP) is 5.27. The van der Waals surface area contributed by atoms with Crippen LogP contribution in [-0.2, 0) is 33.4 Å². The summed E-state index contributed by atoms with van der Waals surface area (Å²) in [6.45, 7) is 18.2. The van der Waals surface area contributed by atoms with Gasteiger partial charge in [0.05, 0.1) is 19.1 Å². The zero-order valence-electron chi connectivity index (χ0n) is 30.4. The summed E-state index contributed by atoms with van der Waals surface area (Å²) >= 11 is 0. The maximum atomic E-state index is 13.4. The van der Waals surface area contributed by atoms with E-state index in [2.05, 4.69) is 59.9 Å². The SMILES string of the molecule is CC(=O)O[C@@H]1C[C@@]23COC[C@@](C)([C@@H]2CC[C@H]2C3=CC[C@@]3(C)[C@H](C(=O)O)[C@@](C)(C(C)C(C)C)CC[C@]23C)[C@H]1OC(=O)C(N)CCCNC=O. The summed E-state index contributed by atoms with van der Waals surface area (Å²) in [7, 11) is 0. The quantitative estimate of drug-likeness (QED) is 0.115. The number of nitrogens with two attached hydrogens (primary N) is 1. The zero-order valence-corrected chi connectivity index (χ0v) is 30.4. The first kappa shape index (κ1) is 36.8. The van der Waals surface area contributed by atoms with Crippen LogP contribution in [0.4, 0.5) is 0 Å². The lowest BCUT2D eigenvalue weighted by Crippen LogP contribution is -2.70. The summed E-state index contributed by atoms with van der Waals surface area (Å²) in [5.41, 5.74) is 5.53. The molecule has 4 N–H and O–H groups in total. The van der Waals surface area contributed by atoms with Crippen molar-refractivity contribution >= 4 is 24.3 Å². The number of allylic oxidation sites excluding steroid dienone is 1. The van der Waals surface area contributed by atoms with Crippen LogP contribution in [0.5, 0.6) is 0 Å². The second kappa shape index (κ2) is 13.0. The van der Waals surface area contributed by atoms with Gasteiger partial charge in [0.1, 0.15) is 18.2 Å². The Bertz CT molecular complexity index is 1320. The fraction of sp³-hybridized carbons (Fsp3) is 0.842. The molecule has 1 saturated heterocycles. The molecular formula is C38H60N2O8. The topological polar surface area (TPSA) is 154 Å². The molecule has 0 spiro atoms. The van der Waals surface area contributed by atoms with Crippen molar-refractivity contribution in [2.24, 2.45) is 62.4 Å². The Balaban J connectivity index is 1.52. The van der Waals surface area contributed by atoms with Gasteiger partial charge in [-0.2, -0.15) is 0 Å². The standard InChI is InChI=1S/C38H60N2O8/c1-22(2)23(3)34(5)15-16-36(7)25-11-12-29-35(6)19-46-20-38(29,26(25)13-14-37(36,8)30(34)32(43)44)18-28(47-24(4)42)31(35)48-33(45)27(39)10-9-17-40-21-41/h13,21-23,25,27-31H,9-12,14-20,39H2,1-8H3,(H,40,41)(H,43,44)/t23?,25-,27?,28+,29-,30+,31-,34+,35-,36+,37-,38-/m0/s1. The first-order valence-electron chi connectivity index (χ1n) is 18.2. The molecule has 12 atom stereocenters. The highest BCUT2D eigenvalue weighted by Crippen LogP contribution is 2.75.